The first-order valence-corrected chi connectivity index (χ1v) is 8.77. The third-order valence-corrected chi connectivity index (χ3v) is 4.27. The maximum absolute atomic E-state index is 14.1. The van der Waals surface area contributed by atoms with Gasteiger partial charge in [-0.1, -0.05) is 0 Å². The van der Waals surface area contributed by atoms with Gasteiger partial charge < -0.3 is 0 Å². The standard InChI is InChI=1S/C16H13F2NO3S/c1-23(21,22)19-15-6-9-2-5-16(20)12(9)8-13(15)11-4-3-10(17)7-14(11)18/h3-4,6-8,19H,2,5H2,1H3. The van der Waals surface area contributed by atoms with Gasteiger partial charge in [0.2, 0.25) is 10.0 Å². The number of carbonyl (C=O) groups is 1. The van der Waals surface area contributed by atoms with Crippen LogP contribution in [0.15, 0.2) is 30.3 Å². The van der Waals surface area contributed by atoms with Gasteiger partial charge in [0.25, 0.3) is 0 Å². The number of anilines is 1. The van der Waals surface area contributed by atoms with Crippen molar-refractivity contribution in [1.29, 1.82) is 0 Å². The van der Waals surface area contributed by atoms with Crippen molar-refractivity contribution in [1.82, 2.24) is 0 Å². The summed E-state index contributed by atoms with van der Waals surface area (Å²) in [5, 5.41) is 0. The SMILES string of the molecule is CS(=O)(=O)Nc1cc2c(cc1-c1ccc(F)cc1F)C(=O)CC2. The molecule has 120 valence electrons. The molecule has 1 aliphatic carbocycles. The second-order valence-electron chi connectivity index (χ2n) is 5.48. The first-order chi connectivity index (χ1) is 10.7. The van der Waals surface area contributed by atoms with Crippen LogP contribution in [0.2, 0.25) is 0 Å². The third kappa shape index (κ3) is 3.10. The Kier molecular flexibility index (Phi) is 3.68. The van der Waals surface area contributed by atoms with Crippen molar-refractivity contribution in [3.8, 4) is 11.1 Å². The lowest BCUT2D eigenvalue weighted by Gasteiger charge is -2.14. The summed E-state index contributed by atoms with van der Waals surface area (Å²) in [5.74, 6) is -1.64. The molecular weight excluding hydrogens is 324 g/mol. The van der Waals surface area contributed by atoms with E-state index in [4.69, 9.17) is 0 Å². The molecule has 0 amide bonds. The van der Waals surface area contributed by atoms with Crippen LogP contribution >= 0.6 is 0 Å². The number of ketones is 1. The molecule has 0 saturated carbocycles. The van der Waals surface area contributed by atoms with Crippen molar-refractivity contribution in [3.63, 3.8) is 0 Å². The zero-order valence-electron chi connectivity index (χ0n) is 12.2. The van der Waals surface area contributed by atoms with E-state index in [1.54, 1.807) is 6.07 Å². The molecule has 2 aromatic rings. The lowest BCUT2D eigenvalue weighted by atomic mass is 9.98. The summed E-state index contributed by atoms with van der Waals surface area (Å²) in [6.45, 7) is 0. The summed E-state index contributed by atoms with van der Waals surface area (Å²) in [5.41, 5.74) is 1.57. The van der Waals surface area contributed by atoms with Gasteiger partial charge in [-0.25, -0.2) is 17.2 Å². The Hall–Kier alpha value is -2.28. The largest absolute Gasteiger partial charge is 0.294 e. The minimum absolute atomic E-state index is 0.0278. The van der Waals surface area contributed by atoms with Crippen molar-refractivity contribution in [2.24, 2.45) is 0 Å². The van der Waals surface area contributed by atoms with Crippen LogP contribution in [0.3, 0.4) is 0 Å². The van der Waals surface area contributed by atoms with Gasteiger partial charge in [-0.2, -0.15) is 0 Å². The zero-order chi connectivity index (χ0) is 16.8. The number of aryl methyl sites for hydroxylation is 1. The molecule has 0 radical (unpaired) electrons. The van der Waals surface area contributed by atoms with Crippen LogP contribution in [0.4, 0.5) is 14.5 Å². The van der Waals surface area contributed by atoms with Crippen LogP contribution in [0.5, 0.6) is 0 Å². The van der Waals surface area contributed by atoms with Crippen molar-refractivity contribution in [2.75, 3.05) is 11.0 Å². The van der Waals surface area contributed by atoms with Crippen LogP contribution < -0.4 is 4.72 Å². The van der Waals surface area contributed by atoms with Gasteiger partial charge in [0, 0.05) is 29.2 Å². The van der Waals surface area contributed by atoms with E-state index in [-0.39, 0.29) is 22.6 Å². The molecule has 3 rings (SSSR count). The summed E-state index contributed by atoms with van der Waals surface area (Å²) in [7, 11) is -3.59. The highest BCUT2D eigenvalue weighted by Crippen LogP contribution is 2.36. The van der Waals surface area contributed by atoms with Crippen LogP contribution in [0, 0.1) is 11.6 Å². The highest BCUT2D eigenvalue weighted by atomic mass is 32.2. The second-order valence-corrected chi connectivity index (χ2v) is 7.22. The lowest BCUT2D eigenvalue weighted by molar-refractivity contribution is 0.0994. The van der Waals surface area contributed by atoms with E-state index in [9.17, 15) is 22.0 Å². The maximum atomic E-state index is 14.1. The molecule has 0 aliphatic heterocycles. The molecule has 0 spiro atoms. The second kappa shape index (κ2) is 5.42. The van der Waals surface area contributed by atoms with Gasteiger partial charge in [-0.15, -0.1) is 0 Å². The van der Waals surface area contributed by atoms with E-state index in [1.165, 1.54) is 12.1 Å². The van der Waals surface area contributed by atoms with E-state index in [0.29, 0.717) is 30.0 Å². The molecule has 7 heteroatoms. The Bertz CT molecular complexity index is 923. The predicted molar refractivity (Wildman–Crippen MR) is 82.9 cm³/mol. The molecule has 0 fully saturated rings. The molecule has 1 N–H and O–H groups in total. The Balaban J connectivity index is 2.24. The van der Waals surface area contributed by atoms with Crippen LogP contribution in [0.25, 0.3) is 11.1 Å². The zero-order valence-corrected chi connectivity index (χ0v) is 13.0. The molecule has 4 nitrogen and oxygen atoms in total. The van der Waals surface area contributed by atoms with E-state index in [1.807, 2.05) is 0 Å². The molecule has 23 heavy (non-hydrogen) atoms. The summed E-state index contributed by atoms with van der Waals surface area (Å²) in [6, 6.07) is 6.03. The molecule has 0 atom stereocenters. The third-order valence-electron chi connectivity index (χ3n) is 3.68. The maximum Gasteiger partial charge on any atom is 0.229 e. The van der Waals surface area contributed by atoms with Gasteiger partial charge >= 0.3 is 0 Å². The summed E-state index contributed by atoms with van der Waals surface area (Å²) < 4.78 is 52.7. The van der Waals surface area contributed by atoms with Crippen LogP contribution in [-0.4, -0.2) is 20.5 Å². The molecule has 2 aromatic carbocycles. The number of halogens is 2. The number of nitrogens with one attached hydrogen (secondary N) is 1. The number of sulfonamides is 1. The smallest absolute Gasteiger partial charge is 0.229 e. The number of rotatable bonds is 3. The predicted octanol–water partition coefficient (Wildman–Crippen LogP) is 3.13. The molecule has 0 unspecified atom stereocenters. The number of fused-ring (bicyclic) bond motifs is 1. The van der Waals surface area contributed by atoms with E-state index in [0.717, 1.165) is 12.3 Å². The molecule has 1 aliphatic rings. The van der Waals surface area contributed by atoms with Crippen molar-refractivity contribution < 1.29 is 22.0 Å². The molecule has 0 saturated heterocycles. The monoisotopic (exact) mass is 337 g/mol. The van der Waals surface area contributed by atoms with Gasteiger partial charge in [-0.05, 0) is 36.2 Å². The van der Waals surface area contributed by atoms with Gasteiger partial charge in [0.05, 0.1) is 11.9 Å². The normalized spacial score (nSPS) is 14.0. The first kappa shape index (κ1) is 15.6. The van der Waals surface area contributed by atoms with E-state index >= 15 is 0 Å². The topological polar surface area (TPSA) is 63.2 Å². The quantitative estimate of drug-likeness (QED) is 0.936. The fourth-order valence-electron chi connectivity index (χ4n) is 2.71. The average molecular weight is 337 g/mol. The number of benzene rings is 2. The highest BCUT2D eigenvalue weighted by Gasteiger charge is 2.24. The van der Waals surface area contributed by atoms with Gasteiger partial charge in [0.15, 0.2) is 5.78 Å². The Labute approximate surface area is 132 Å². The van der Waals surface area contributed by atoms with Gasteiger partial charge in [-0.3, -0.25) is 9.52 Å². The first-order valence-electron chi connectivity index (χ1n) is 6.88. The summed E-state index contributed by atoms with van der Waals surface area (Å²) >= 11 is 0. The minimum atomic E-state index is -3.59. The van der Waals surface area contributed by atoms with Crippen LogP contribution in [-0.2, 0) is 16.4 Å². The summed E-state index contributed by atoms with van der Waals surface area (Å²) in [4.78, 5) is 11.9. The van der Waals surface area contributed by atoms with Crippen LogP contribution in [0.1, 0.15) is 22.3 Å². The van der Waals surface area contributed by atoms with Crippen molar-refractivity contribution in [2.45, 2.75) is 12.8 Å². The fourth-order valence-corrected chi connectivity index (χ4v) is 3.28. The van der Waals surface area contributed by atoms with Crippen molar-refractivity contribution in [3.05, 3.63) is 53.1 Å². The summed E-state index contributed by atoms with van der Waals surface area (Å²) in [6.07, 6.45) is 1.83. The van der Waals surface area contributed by atoms with E-state index in [2.05, 4.69) is 4.72 Å². The molecule has 0 aromatic heterocycles. The minimum Gasteiger partial charge on any atom is -0.294 e. The molecule has 0 heterocycles. The number of hydrogen-bond donors (Lipinski definition) is 1. The number of carbonyl (C=O) groups excluding carboxylic acids is 1. The number of hydrogen-bond acceptors (Lipinski definition) is 3. The number of Topliss-reactive ketones (excluding diaryl/α,β-unsaturated/α-hetero) is 1. The average Bonchev–Trinajstić information content (AvgIpc) is 2.78. The Morgan fingerprint density at radius 1 is 1.00 bits per heavy atom. The Morgan fingerprint density at radius 2 is 1.74 bits per heavy atom. The highest BCUT2D eigenvalue weighted by molar-refractivity contribution is 7.92. The Morgan fingerprint density at radius 3 is 2.39 bits per heavy atom. The van der Waals surface area contributed by atoms with E-state index < -0.39 is 21.7 Å². The molecule has 0 bridgehead atoms. The van der Waals surface area contributed by atoms with Gasteiger partial charge in [0.1, 0.15) is 11.6 Å². The lowest BCUT2D eigenvalue weighted by Crippen LogP contribution is -2.11. The van der Waals surface area contributed by atoms with Crippen molar-refractivity contribution >= 4 is 21.5 Å². The molecular formula is C16H13F2NO3S. The fraction of sp³-hybridized carbons (Fsp3) is 0.188.